The van der Waals surface area contributed by atoms with Gasteiger partial charge in [-0.25, -0.2) is 15.0 Å². The van der Waals surface area contributed by atoms with E-state index in [-0.39, 0.29) is 12.0 Å². The Morgan fingerprint density at radius 2 is 1.04 bits per heavy atom. The van der Waals surface area contributed by atoms with Gasteiger partial charge in [0.25, 0.3) is 0 Å². The molecular weight excluding hydrogens is 574 g/mol. The van der Waals surface area contributed by atoms with Gasteiger partial charge in [-0.15, -0.1) is 0 Å². The van der Waals surface area contributed by atoms with Crippen LogP contribution in [0.15, 0.2) is 164 Å². The summed E-state index contributed by atoms with van der Waals surface area (Å²) in [4.78, 5) is 15.2. The highest BCUT2D eigenvalue weighted by Gasteiger charge is 2.34. The van der Waals surface area contributed by atoms with E-state index in [1.807, 2.05) is 12.1 Å². The largest absolute Gasteiger partial charge is 0.484 e. The summed E-state index contributed by atoms with van der Waals surface area (Å²) in [5.74, 6) is 2.85. The van der Waals surface area contributed by atoms with Gasteiger partial charge in [-0.3, -0.25) is 0 Å². The van der Waals surface area contributed by atoms with Crippen molar-refractivity contribution in [2.45, 2.75) is 12.0 Å². The van der Waals surface area contributed by atoms with Crippen LogP contribution in [0.2, 0.25) is 0 Å². The first-order valence-corrected chi connectivity index (χ1v) is 15.9. The van der Waals surface area contributed by atoms with Crippen LogP contribution >= 0.6 is 0 Å². The van der Waals surface area contributed by atoms with Gasteiger partial charge >= 0.3 is 0 Å². The molecule has 2 unspecified atom stereocenters. The minimum atomic E-state index is -0.0258. The highest BCUT2D eigenvalue weighted by atomic mass is 16.5. The Hall–Kier alpha value is -6.13. The zero-order valence-electron chi connectivity index (χ0n) is 25.5. The number of ether oxygens (including phenoxy) is 1. The number of para-hydroxylation sites is 1. The van der Waals surface area contributed by atoms with E-state index < -0.39 is 0 Å². The normalized spacial score (nSPS) is 16.1. The second-order valence-corrected chi connectivity index (χ2v) is 12.0. The first-order valence-electron chi connectivity index (χ1n) is 15.9. The molecule has 0 radical (unpaired) electrons. The summed E-state index contributed by atoms with van der Waals surface area (Å²) in [6.45, 7) is 0. The van der Waals surface area contributed by atoms with Crippen molar-refractivity contribution in [3.8, 4) is 62.2 Å². The number of aromatic nitrogens is 3. The Kier molecular flexibility index (Phi) is 6.57. The van der Waals surface area contributed by atoms with Crippen molar-refractivity contribution in [1.82, 2.24) is 15.0 Å². The van der Waals surface area contributed by atoms with E-state index in [0.717, 1.165) is 44.7 Å². The quantitative estimate of drug-likeness (QED) is 0.196. The molecule has 47 heavy (non-hydrogen) atoms. The van der Waals surface area contributed by atoms with Gasteiger partial charge < -0.3 is 4.74 Å². The summed E-state index contributed by atoms with van der Waals surface area (Å²) in [6.07, 6.45) is 8.43. The third-order valence-electron chi connectivity index (χ3n) is 9.07. The van der Waals surface area contributed by atoms with Crippen LogP contribution in [0, 0.1) is 0 Å². The molecule has 7 aromatic rings. The van der Waals surface area contributed by atoms with Gasteiger partial charge in [0.15, 0.2) is 17.5 Å². The molecule has 0 N–H and O–H groups in total. The van der Waals surface area contributed by atoms with Crippen LogP contribution in [0.3, 0.4) is 0 Å². The summed E-state index contributed by atoms with van der Waals surface area (Å²) >= 11 is 0. The molecule has 4 nitrogen and oxygen atoms in total. The molecule has 2 heterocycles. The SMILES string of the molecule is C1=CC2Oc3c(-c4nc(-c5ccc(-c6ccc7ccccc7c6)cc5)nc(-c5cccc(-c6ccccc6)c5)n4)cccc3C2C=C1. The number of hydrogen-bond donors (Lipinski definition) is 0. The fourth-order valence-electron chi connectivity index (χ4n) is 6.64. The maximum absolute atomic E-state index is 6.52. The predicted molar refractivity (Wildman–Crippen MR) is 190 cm³/mol. The minimum Gasteiger partial charge on any atom is -0.484 e. The van der Waals surface area contributed by atoms with Gasteiger partial charge in [0, 0.05) is 22.6 Å². The van der Waals surface area contributed by atoms with E-state index in [2.05, 4.69) is 152 Å². The van der Waals surface area contributed by atoms with Gasteiger partial charge in [-0.2, -0.15) is 0 Å². The molecule has 0 bridgehead atoms. The van der Waals surface area contributed by atoms with Crippen molar-refractivity contribution in [3.05, 3.63) is 169 Å². The topological polar surface area (TPSA) is 47.9 Å². The van der Waals surface area contributed by atoms with E-state index in [1.165, 1.54) is 16.3 Å². The lowest BCUT2D eigenvalue weighted by Crippen LogP contribution is -2.15. The van der Waals surface area contributed by atoms with Crippen molar-refractivity contribution < 1.29 is 4.74 Å². The fraction of sp³-hybridized carbons (Fsp3) is 0.0465. The summed E-state index contributed by atoms with van der Waals surface area (Å²) in [5, 5.41) is 2.46. The molecule has 1 aliphatic carbocycles. The van der Waals surface area contributed by atoms with E-state index in [4.69, 9.17) is 19.7 Å². The first-order chi connectivity index (χ1) is 23.3. The molecule has 0 spiro atoms. The summed E-state index contributed by atoms with van der Waals surface area (Å²) in [5.41, 5.74) is 8.44. The number of rotatable bonds is 5. The first kappa shape index (κ1) is 27.2. The Morgan fingerprint density at radius 3 is 1.91 bits per heavy atom. The third kappa shape index (κ3) is 5.01. The van der Waals surface area contributed by atoms with Crippen molar-refractivity contribution in [1.29, 1.82) is 0 Å². The smallest absolute Gasteiger partial charge is 0.167 e. The van der Waals surface area contributed by atoms with Crippen molar-refractivity contribution in [2.24, 2.45) is 0 Å². The van der Waals surface area contributed by atoms with Crippen molar-refractivity contribution >= 4 is 10.8 Å². The third-order valence-corrected chi connectivity index (χ3v) is 9.07. The lowest BCUT2D eigenvalue weighted by Gasteiger charge is -2.14. The second kappa shape index (κ2) is 11.3. The monoisotopic (exact) mass is 603 g/mol. The average molecular weight is 604 g/mol. The average Bonchev–Trinajstić information content (AvgIpc) is 3.54. The highest BCUT2D eigenvalue weighted by molar-refractivity contribution is 5.87. The maximum Gasteiger partial charge on any atom is 0.167 e. The lowest BCUT2D eigenvalue weighted by molar-refractivity contribution is 0.269. The van der Waals surface area contributed by atoms with E-state index in [9.17, 15) is 0 Å². The van der Waals surface area contributed by atoms with Crippen LogP contribution in [0.25, 0.3) is 67.2 Å². The van der Waals surface area contributed by atoms with Crippen LogP contribution in [-0.4, -0.2) is 21.1 Å². The van der Waals surface area contributed by atoms with Crippen molar-refractivity contribution in [2.75, 3.05) is 0 Å². The minimum absolute atomic E-state index is 0.0258. The van der Waals surface area contributed by atoms with Crippen LogP contribution in [0.4, 0.5) is 0 Å². The molecule has 2 atom stereocenters. The molecule has 2 aliphatic rings. The zero-order valence-corrected chi connectivity index (χ0v) is 25.5. The fourth-order valence-corrected chi connectivity index (χ4v) is 6.64. The molecule has 4 heteroatoms. The standard InChI is InChI=1S/C43H29N3O/c1-2-10-28(11-3-1)33-14-8-15-35(27-33)42-44-41(31-23-20-30(21-24-31)34-25-22-29-12-4-5-13-32(29)26-34)45-43(46-42)38-18-9-17-37-36-16-6-7-19-39(36)47-40(37)38/h1-27,36,39H. The maximum atomic E-state index is 6.52. The Labute approximate surface area is 273 Å². The predicted octanol–water partition coefficient (Wildman–Crippen LogP) is 10.3. The summed E-state index contributed by atoms with van der Waals surface area (Å²) in [6, 6.07) is 48.6. The van der Waals surface area contributed by atoms with Gasteiger partial charge in [-0.05, 0) is 57.3 Å². The zero-order chi connectivity index (χ0) is 31.2. The van der Waals surface area contributed by atoms with E-state index in [1.54, 1.807) is 0 Å². The number of fused-ring (bicyclic) bond motifs is 4. The van der Waals surface area contributed by atoms with Crippen LogP contribution in [0.1, 0.15) is 11.5 Å². The molecule has 6 aromatic carbocycles. The number of hydrogen-bond acceptors (Lipinski definition) is 4. The van der Waals surface area contributed by atoms with E-state index >= 15 is 0 Å². The second-order valence-electron chi connectivity index (χ2n) is 12.0. The van der Waals surface area contributed by atoms with Crippen LogP contribution < -0.4 is 4.74 Å². The molecule has 0 amide bonds. The Bertz CT molecular complexity index is 2340. The summed E-state index contributed by atoms with van der Waals surface area (Å²) in [7, 11) is 0. The molecule has 222 valence electrons. The van der Waals surface area contributed by atoms with Crippen molar-refractivity contribution in [3.63, 3.8) is 0 Å². The summed E-state index contributed by atoms with van der Waals surface area (Å²) < 4.78 is 6.52. The highest BCUT2D eigenvalue weighted by Crippen LogP contribution is 2.46. The van der Waals surface area contributed by atoms with Gasteiger partial charge in [-0.1, -0.05) is 140 Å². The number of allylic oxidation sites excluding steroid dienone is 2. The number of nitrogens with zero attached hydrogens (tertiary/aromatic N) is 3. The molecule has 1 aliphatic heterocycles. The van der Waals surface area contributed by atoms with Crippen LogP contribution in [-0.2, 0) is 0 Å². The van der Waals surface area contributed by atoms with Gasteiger partial charge in [0.2, 0.25) is 0 Å². The number of benzene rings is 6. The molecule has 0 saturated heterocycles. The molecule has 0 saturated carbocycles. The molecular formula is C43H29N3O. The lowest BCUT2D eigenvalue weighted by atomic mass is 9.91. The molecule has 9 rings (SSSR count). The Morgan fingerprint density at radius 1 is 0.426 bits per heavy atom. The van der Waals surface area contributed by atoms with Gasteiger partial charge in [0.1, 0.15) is 11.9 Å². The van der Waals surface area contributed by atoms with Crippen LogP contribution in [0.5, 0.6) is 5.75 Å². The molecule has 1 aromatic heterocycles. The van der Waals surface area contributed by atoms with Gasteiger partial charge in [0.05, 0.1) is 5.56 Å². The Balaban J connectivity index is 1.16. The van der Waals surface area contributed by atoms with E-state index in [0.29, 0.717) is 17.5 Å². The molecule has 0 fully saturated rings.